The third-order valence-electron chi connectivity index (χ3n) is 2.51. The van der Waals surface area contributed by atoms with Gasteiger partial charge >= 0.3 is 0 Å². The van der Waals surface area contributed by atoms with E-state index in [2.05, 4.69) is 4.98 Å². The van der Waals surface area contributed by atoms with Crippen LogP contribution >= 0.6 is 0 Å². The fourth-order valence-electron chi connectivity index (χ4n) is 1.70. The van der Waals surface area contributed by atoms with Crippen molar-refractivity contribution in [2.75, 3.05) is 12.8 Å². The first-order valence-corrected chi connectivity index (χ1v) is 5.07. The monoisotopic (exact) mass is 214 g/mol. The van der Waals surface area contributed by atoms with Crippen LogP contribution in [0.4, 0.5) is 5.69 Å². The minimum Gasteiger partial charge on any atom is -0.481 e. The molecule has 0 radical (unpaired) electrons. The fourth-order valence-corrected chi connectivity index (χ4v) is 1.70. The van der Waals surface area contributed by atoms with Crippen LogP contribution in [0.3, 0.4) is 0 Å². The number of anilines is 1. The Morgan fingerprint density at radius 1 is 1.19 bits per heavy atom. The lowest BCUT2D eigenvalue weighted by atomic mass is 10.0. The second-order valence-electron chi connectivity index (χ2n) is 3.66. The Labute approximate surface area is 94.9 Å². The standard InChI is InChI=1S/C13H14N2O/c1-9-7-11(14)3-4-12(9)10-5-6-15-13(8-10)16-2/h3-8H,14H2,1-2H3. The highest BCUT2D eigenvalue weighted by Crippen LogP contribution is 2.26. The molecule has 2 aromatic rings. The van der Waals surface area contributed by atoms with Crippen molar-refractivity contribution in [1.82, 2.24) is 4.98 Å². The summed E-state index contributed by atoms with van der Waals surface area (Å²) in [6.45, 7) is 2.04. The van der Waals surface area contributed by atoms with Crippen LogP contribution in [0.15, 0.2) is 36.5 Å². The molecule has 0 aliphatic carbocycles. The third-order valence-corrected chi connectivity index (χ3v) is 2.51. The molecule has 3 heteroatoms. The summed E-state index contributed by atoms with van der Waals surface area (Å²) >= 11 is 0. The van der Waals surface area contributed by atoms with E-state index in [0.29, 0.717) is 5.88 Å². The van der Waals surface area contributed by atoms with Gasteiger partial charge in [0.2, 0.25) is 5.88 Å². The van der Waals surface area contributed by atoms with Crippen LogP contribution in [0.25, 0.3) is 11.1 Å². The lowest BCUT2D eigenvalue weighted by molar-refractivity contribution is 0.398. The Morgan fingerprint density at radius 3 is 2.69 bits per heavy atom. The number of aryl methyl sites for hydroxylation is 1. The van der Waals surface area contributed by atoms with E-state index in [1.807, 2.05) is 37.3 Å². The Morgan fingerprint density at radius 2 is 2.00 bits per heavy atom. The van der Waals surface area contributed by atoms with Gasteiger partial charge in [-0.25, -0.2) is 4.98 Å². The molecule has 0 bridgehead atoms. The molecule has 0 aliphatic rings. The normalized spacial score (nSPS) is 10.1. The molecule has 0 amide bonds. The molecule has 0 aliphatic heterocycles. The van der Waals surface area contributed by atoms with Crippen molar-refractivity contribution >= 4 is 5.69 Å². The van der Waals surface area contributed by atoms with Crippen LogP contribution < -0.4 is 10.5 Å². The number of nitrogens with two attached hydrogens (primary N) is 1. The predicted molar refractivity (Wildman–Crippen MR) is 65.4 cm³/mol. The molecular weight excluding hydrogens is 200 g/mol. The van der Waals surface area contributed by atoms with E-state index in [1.165, 1.54) is 0 Å². The van der Waals surface area contributed by atoms with Crippen molar-refractivity contribution in [3.05, 3.63) is 42.1 Å². The van der Waals surface area contributed by atoms with Gasteiger partial charge in [0, 0.05) is 18.0 Å². The molecule has 1 aromatic heterocycles. The number of rotatable bonds is 2. The second-order valence-corrected chi connectivity index (χ2v) is 3.66. The van der Waals surface area contributed by atoms with Gasteiger partial charge in [0.25, 0.3) is 0 Å². The summed E-state index contributed by atoms with van der Waals surface area (Å²) in [5.41, 5.74) is 9.89. The van der Waals surface area contributed by atoms with E-state index in [0.717, 1.165) is 22.4 Å². The first-order chi connectivity index (χ1) is 7.70. The van der Waals surface area contributed by atoms with Crippen LogP contribution in [0, 0.1) is 6.92 Å². The van der Waals surface area contributed by atoms with Gasteiger partial charge < -0.3 is 10.5 Å². The Balaban J connectivity index is 2.49. The molecule has 0 saturated heterocycles. The molecule has 0 saturated carbocycles. The first-order valence-electron chi connectivity index (χ1n) is 5.07. The molecule has 3 nitrogen and oxygen atoms in total. The molecule has 2 rings (SSSR count). The summed E-state index contributed by atoms with van der Waals surface area (Å²) in [6, 6.07) is 9.75. The highest BCUT2D eigenvalue weighted by Gasteiger charge is 2.03. The van der Waals surface area contributed by atoms with Crippen LogP contribution in [-0.4, -0.2) is 12.1 Å². The first kappa shape index (κ1) is 10.5. The van der Waals surface area contributed by atoms with E-state index >= 15 is 0 Å². The van der Waals surface area contributed by atoms with Gasteiger partial charge in [-0.05, 0) is 41.8 Å². The fraction of sp³-hybridized carbons (Fsp3) is 0.154. The van der Waals surface area contributed by atoms with Gasteiger partial charge in [-0.2, -0.15) is 0 Å². The SMILES string of the molecule is COc1cc(-c2ccc(N)cc2C)ccn1. The average Bonchev–Trinajstić information content (AvgIpc) is 2.29. The number of nitrogens with zero attached hydrogens (tertiary/aromatic N) is 1. The van der Waals surface area contributed by atoms with Crippen molar-refractivity contribution in [1.29, 1.82) is 0 Å². The molecule has 1 heterocycles. The highest BCUT2D eigenvalue weighted by atomic mass is 16.5. The molecule has 82 valence electrons. The van der Waals surface area contributed by atoms with Crippen LogP contribution in [0.2, 0.25) is 0 Å². The maximum Gasteiger partial charge on any atom is 0.213 e. The molecule has 1 aromatic carbocycles. The number of benzene rings is 1. The lowest BCUT2D eigenvalue weighted by Crippen LogP contribution is -1.91. The topological polar surface area (TPSA) is 48.1 Å². The van der Waals surface area contributed by atoms with E-state index in [9.17, 15) is 0 Å². The number of ether oxygens (including phenoxy) is 1. The van der Waals surface area contributed by atoms with Crippen molar-refractivity contribution in [3.8, 4) is 17.0 Å². The maximum atomic E-state index is 5.72. The molecular formula is C13H14N2O. The maximum absolute atomic E-state index is 5.72. The number of nitrogen functional groups attached to an aromatic ring is 1. The van der Waals surface area contributed by atoms with Crippen molar-refractivity contribution < 1.29 is 4.74 Å². The zero-order valence-electron chi connectivity index (χ0n) is 9.40. The summed E-state index contributed by atoms with van der Waals surface area (Å²) in [5.74, 6) is 0.619. The molecule has 16 heavy (non-hydrogen) atoms. The summed E-state index contributed by atoms with van der Waals surface area (Å²) in [6.07, 6.45) is 1.74. The third kappa shape index (κ3) is 1.98. The summed E-state index contributed by atoms with van der Waals surface area (Å²) in [5, 5.41) is 0. The van der Waals surface area contributed by atoms with Gasteiger partial charge in [0.1, 0.15) is 0 Å². The van der Waals surface area contributed by atoms with Gasteiger partial charge in [-0.3, -0.25) is 0 Å². The van der Waals surface area contributed by atoms with Crippen LogP contribution in [0.1, 0.15) is 5.56 Å². The summed E-state index contributed by atoms with van der Waals surface area (Å²) in [7, 11) is 1.61. The second kappa shape index (κ2) is 4.23. The Bertz CT molecular complexity index is 509. The Hall–Kier alpha value is -2.03. The van der Waals surface area contributed by atoms with E-state index in [1.54, 1.807) is 13.3 Å². The highest BCUT2D eigenvalue weighted by molar-refractivity contribution is 5.69. The average molecular weight is 214 g/mol. The minimum atomic E-state index is 0.619. The van der Waals surface area contributed by atoms with Crippen LogP contribution in [-0.2, 0) is 0 Å². The minimum absolute atomic E-state index is 0.619. The zero-order chi connectivity index (χ0) is 11.5. The molecule has 0 unspecified atom stereocenters. The number of pyridine rings is 1. The summed E-state index contributed by atoms with van der Waals surface area (Å²) < 4.78 is 5.10. The number of methoxy groups -OCH3 is 1. The van der Waals surface area contributed by atoms with Crippen LogP contribution in [0.5, 0.6) is 5.88 Å². The Kier molecular flexibility index (Phi) is 2.77. The van der Waals surface area contributed by atoms with Gasteiger partial charge in [0.15, 0.2) is 0 Å². The lowest BCUT2D eigenvalue weighted by Gasteiger charge is -2.07. The van der Waals surface area contributed by atoms with Crippen molar-refractivity contribution in [2.24, 2.45) is 0 Å². The molecule has 0 atom stereocenters. The predicted octanol–water partition coefficient (Wildman–Crippen LogP) is 2.65. The van der Waals surface area contributed by atoms with Gasteiger partial charge in [0.05, 0.1) is 7.11 Å². The zero-order valence-corrected chi connectivity index (χ0v) is 9.40. The number of hydrogen-bond acceptors (Lipinski definition) is 3. The van der Waals surface area contributed by atoms with E-state index in [4.69, 9.17) is 10.5 Å². The number of aromatic nitrogens is 1. The molecule has 2 N–H and O–H groups in total. The molecule has 0 spiro atoms. The number of hydrogen-bond donors (Lipinski definition) is 1. The smallest absolute Gasteiger partial charge is 0.213 e. The van der Waals surface area contributed by atoms with E-state index < -0.39 is 0 Å². The summed E-state index contributed by atoms with van der Waals surface area (Å²) in [4.78, 5) is 4.08. The van der Waals surface area contributed by atoms with Gasteiger partial charge in [-0.15, -0.1) is 0 Å². The largest absolute Gasteiger partial charge is 0.481 e. The van der Waals surface area contributed by atoms with Crippen molar-refractivity contribution in [2.45, 2.75) is 6.92 Å². The van der Waals surface area contributed by atoms with Gasteiger partial charge in [-0.1, -0.05) is 6.07 Å². The van der Waals surface area contributed by atoms with Crippen molar-refractivity contribution in [3.63, 3.8) is 0 Å². The molecule has 0 fully saturated rings. The quantitative estimate of drug-likeness (QED) is 0.782. The van der Waals surface area contributed by atoms with E-state index in [-0.39, 0.29) is 0 Å².